The lowest BCUT2D eigenvalue weighted by Gasteiger charge is -2.21. The predicted octanol–water partition coefficient (Wildman–Crippen LogP) is 1.48. The number of rotatable bonds is 3. The number of sulfonamides is 1. The van der Waals surface area contributed by atoms with Crippen molar-refractivity contribution in [3.63, 3.8) is 0 Å². The molecule has 23 heavy (non-hydrogen) atoms. The molecule has 0 spiro atoms. The fraction of sp³-hybridized carbons (Fsp3) is 0.600. The second-order valence-electron chi connectivity index (χ2n) is 5.96. The van der Waals surface area contributed by atoms with E-state index >= 15 is 0 Å². The van der Waals surface area contributed by atoms with Crippen molar-refractivity contribution in [2.45, 2.75) is 39.0 Å². The zero-order chi connectivity index (χ0) is 17.2. The van der Waals surface area contributed by atoms with Gasteiger partial charge in [-0.3, -0.25) is 4.79 Å². The molecule has 1 fully saturated rings. The van der Waals surface area contributed by atoms with Crippen LogP contribution in [0.5, 0.6) is 0 Å². The molecule has 1 amide bonds. The minimum atomic E-state index is -3.65. The van der Waals surface area contributed by atoms with Gasteiger partial charge in [0.25, 0.3) is 0 Å². The molecule has 128 valence electrons. The zero-order valence-electron chi connectivity index (χ0n) is 14.0. The molecule has 0 N–H and O–H groups in total. The van der Waals surface area contributed by atoms with Crippen molar-refractivity contribution in [2.24, 2.45) is 0 Å². The number of aromatic nitrogens is 1. The van der Waals surface area contributed by atoms with Gasteiger partial charge in [-0.1, -0.05) is 10.7 Å². The van der Waals surface area contributed by atoms with E-state index < -0.39 is 10.0 Å². The molecule has 2 rings (SSSR count). The van der Waals surface area contributed by atoms with E-state index in [-0.39, 0.29) is 17.3 Å². The molecule has 0 aromatic carbocycles. The summed E-state index contributed by atoms with van der Waals surface area (Å²) in [7, 11) is -3.65. The molecule has 0 saturated carbocycles. The van der Waals surface area contributed by atoms with Crippen LogP contribution in [-0.4, -0.2) is 54.9 Å². The van der Waals surface area contributed by atoms with Crippen LogP contribution in [0.1, 0.15) is 31.7 Å². The van der Waals surface area contributed by atoms with Crippen LogP contribution < -0.4 is 0 Å². The van der Waals surface area contributed by atoms with Gasteiger partial charge in [-0.2, -0.15) is 4.31 Å². The highest BCUT2D eigenvalue weighted by Crippen LogP contribution is 2.24. The van der Waals surface area contributed by atoms with Gasteiger partial charge in [-0.15, -0.1) is 0 Å². The minimum absolute atomic E-state index is 0.0680. The largest absolute Gasteiger partial charge is 0.360 e. The Morgan fingerprint density at radius 2 is 1.87 bits per heavy atom. The molecule has 8 heteroatoms. The van der Waals surface area contributed by atoms with Crippen LogP contribution in [-0.2, 0) is 14.8 Å². The summed E-state index contributed by atoms with van der Waals surface area (Å²) in [6, 6.07) is 0. The summed E-state index contributed by atoms with van der Waals surface area (Å²) >= 11 is 0. The van der Waals surface area contributed by atoms with Gasteiger partial charge >= 0.3 is 0 Å². The van der Waals surface area contributed by atoms with E-state index in [4.69, 9.17) is 4.52 Å². The van der Waals surface area contributed by atoms with Gasteiger partial charge in [-0.05, 0) is 34.1 Å². The Hall–Kier alpha value is -1.67. The lowest BCUT2D eigenvalue weighted by atomic mass is 10.3. The van der Waals surface area contributed by atoms with Crippen LogP contribution in [0.4, 0.5) is 0 Å². The molecule has 1 aliphatic heterocycles. The summed E-state index contributed by atoms with van der Waals surface area (Å²) in [5.41, 5.74) is 1.30. The van der Waals surface area contributed by atoms with Crippen molar-refractivity contribution in [3.8, 4) is 0 Å². The minimum Gasteiger partial charge on any atom is -0.360 e. The first kappa shape index (κ1) is 17.7. The van der Waals surface area contributed by atoms with Crippen molar-refractivity contribution in [2.75, 3.05) is 26.2 Å². The molecule has 0 unspecified atom stereocenters. The molecule has 7 nitrogen and oxygen atoms in total. The molecule has 0 bridgehead atoms. The third-order valence-electron chi connectivity index (χ3n) is 3.74. The van der Waals surface area contributed by atoms with E-state index in [0.29, 0.717) is 37.5 Å². The molecule has 1 aromatic heterocycles. The molecule has 2 heterocycles. The Morgan fingerprint density at radius 1 is 1.17 bits per heavy atom. The van der Waals surface area contributed by atoms with Crippen molar-refractivity contribution >= 4 is 15.9 Å². The quantitative estimate of drug-likeness (QED) is 0.778. The second-order valence-corrected chi connectivity index (χ2v) is 7.83. The van der Waals surface area contributed by atoms with E-state index in [9.17, 15) is 13.2 Å². The highest BCUT2D eigenvalue weighted by molar-refractivity contribution is 7.89. The van der Waals surface area contributed by atoms with Gasteiger partial charge in [0.05, 0.1) is 0 Å². The lowest BCUT2D eigenvalue weighted by molar-refractivity contribution is -0.125. The number of aryl methyl sites for hydroxylation is 2. The maximum atomic E-state index is 12.8. The average molecular weight is 341 g/mol. The molecule has 0 aliphatic carbocycles. The van der Waals surface area contributed by atoms with Gasteiger partial charge < -0.3 is 9.42 Å². The summed E-state index contributed by atoms with van der Waals surface area (Å²) < 4.78 is 32.0. The van der Waals surface area contributed by atoms with E-state index in [1.54, 1.807) is 24.8 Å². The number of hydrogen-bond donors (Lipinski definition) is 0. The Bertz CT molecular complexity index is 698. The molecule has 1 aromatic rings. The van der Waals surface area contributed by atoms with E-state index in [2.05, 4.69) is 5.16 Å². The highest BCUT2D eigenvalue weighted by Gasteiger charge is 2.32. The topological polar surface area (TPSA) is 83.7 Å². The summed E-state index contributed by atoms with van der Waals surface area (Å²) in [4.78, 5) is 13.9. The van der Waals surface area contributed by atoms with E-state index in [0.717, 1.165) is 5.57 Å². The number of allylic oxidation sites excluding steroid dienone is 1. The summed E-state index contributed by atoms with van der Waals surface area (Å²) in [6.07, 6.45) is 2.18. The standard InChI is InChI=1S/C15H23N3O4S/c1-11(2)10-14(19)17-6-5-7-18(9-8-17)23(20,21)15-12(3)16-22-13(15)4/h10H,5-9H2,1-4H3. The molecular formula is C15H23N3O4S. The summed E-state index contributed by atoms with van der Waals surface area (Å²) in [5, 5.41) is 3.72. The summed E-state index contributed by atoms with van der Waals surface area (Å²) in [5.74, 6) is 0.228. The first-order chi connectivity index (χ1) is 10.7. The molecule has 1 saturated heterocycles. The third kappa shape index (κ3) is 3.81. The Morgan fingerprint density at radius 3 is 2.43 bits per heavy atom. The van der Waals surface area contributed by atoms with E-state index in [1.165, 1.54) is 4.31 Å². The van der Waals surface area contributed by atoms with Crippen LogP contribution in [0.15, 0.2) is 21.1 Å². The Kier molecular flexibility index (Phi) is 5.26. The van der Waals surface area contributed by atoms with E-state index in [1.807, 2.05) is 13.8 Å². The fourth-order valence-corrected chi connectivity index (χ4v) is 4.43. The molecule has 0 atom stereocenters. The van der Waals surface area contributed by atoms with Crippen molar-refractivity contribution in [1.29, 1.82) is 0 Å². The van der Waals surface area contributed by atoms with Crippen molar-refractivity contribution < 1.29 is 17.7 Å². The van der Waals surface area contributed by atoms with Crippen LogP contribution >= 0.6 is 0 Å². The number of carbonyl (C=O) groups excluding carboxylic acids is 1. The maximum Gasteiger partial charge on any atom is 0.248 e. The van der Waals surface area contributed by atoms with Crippen LogP contribution in [0.2, 0.25) is 0 Å². The highest BCUT2D eigenvalue weighted by atomic mass is 32.2. The number of hydrogen-bond acceptors (Lipinski definition) is 5. The normalized spacial score (nSPS) is 17.0. The first-order valence-corrected chi connectivity index (χ1v) is 9.04. The van der Waals surface area contributed by atoms with Crippen molar-refractivity contribution in [3.05, 3.63) is 23.1 Å². The molecule has 0 radical (unpaired) electrons. The third-order valence-corrected chi connectivity index (χ3v) is 5.89. The number of nitrogens with zero attached hydrogens (tertiary/aromatic N) is 3. The monoisotopic (exact) mass is 341 g/mol. The van der Waals surface area contributed by atoms with Gasteiger partial charge in [-0.25, -0.2) is 8.42 Å². The van der Waals surface area contributed by atoms with Gasteiger partial charge in [0.1, 0.15) is 10.6 Å². The summed E-state index contributed by atoms with van der Waals surface area (Å²) in [6.45, 7) is 8.52. The SMILES string of the molecule is CC(C)=CC(=O)N1CCCN(S(=O)(=O)c2c(C)noc2C)CC1. The van der Waals surface area contributed by atoms with Gasteiger partial charge in [0.15, 0.2) is 5.76 Å². The van der Waals surface area contributed by atoms with Crippen LogP contribution in [0.25, 0.3) is 0 Å². The van der Waals surface area contributed by atoms with Crippen LogP contribution in [0, 0.1) is 13.8 Å². The number of amides is 1. The number of carbonyl (C=O) groups is 1. The van der Waals surface area contributed by atoms with Gasteiger partial charge in [0, 0.05) is 32.3 Å². The Balaban J connectivity index is 2.18. The second kappa shape index (κ2) is 6.84. The lowest BCUT2D eigenvalue weighted by Crippen LogP contribution is -2.37. The Labute approximate surface area is 137 Å². The van der Waals surface area contributed by atoms with Crippen LogP contribution in [0.3, 0.4) is 0 Å². The zero-order valence-corrected chi connectivity index (χ0v) is 14.8. The first-order valence-electron chi connectivity index (χ1n) is 7.60. The fourth-order valence-electron chi connectivity index (χ4n) is 2.66. The maximum absolute atomic E-state index is 12.8. The van der Waals surface area contributed by atoms with Crippen molar-refractivity contribution in [1.82, 2.24) is 14.4 Å². The average Bonchev–Trinajstić information content (AvgIpc) is 2.66. The smallest absolute Gasteiger partial charge is 0.248 e. The molecule has 1 aliphatic rings. The molecular weight excluding hydrogens is 318 g/mol. The predicted molar refractivity (Wildman–Crippen MR) is 85.4 cm³/mol. The van der Waals surface area contributed by atoms with Gasteiger partial charge in [0.2, 0.25) is 15.9 Å².